The van der Waals surface area contributed by atoms with Crippen LogP contribution in [0, 0.1) is 0 Å². The van der Waals surface area contributed by atoms with Crippen molar-refractivity contribution < 1.29 is 4.74 Å². The molecule has 3 heteroatoms. The Hall–Kier alpha value is -1.06. The lowest BCUT2D eigenvalue weighted by Gasteiger charge is -2.29. The minimum atomic E-state index is 0.398. The number of rotatable bonds is 10. The lowest BCUT2D eigenvalue weighted by molar-refractivity contribution is 0.213. The van der Waals surface area contributed by atoms with E-state index >= 15 is 0 Å². The van der Waals surface area contributed by atoms with E-state index in [4.69, 9.17) is 4.74 Å². The van der Waals surface area contributed by atoms with Gasteiger partial charge in [0.2, 0.25) is 0 Å². The smallest absolute Gasteiger partial charge is 0.123 e. The van der Waals surface area contributed by atoms with Crippen molar-refractivity contribution in [1.29, 1.82) is 0 Å². The van der Waals surface area contributed by atoms with Gasteiger partial charge in [-0.25, -0.2) is 0 Å². The van der Waals surface area contributed by atoms with Gasteiger partial charge in [-0.2, -0.15) is 0 Å². The lowest BCUT2D eigenvalue weighted by atomic mass is 10.1. The first-order valence-corrected chi connectivity index (χ1v) is 7.82. The highest BCUT2D eigenvalue weighted by Crippen LogP contribution is 2.28. The molecule has 20 heavy (non-hydrogen) atoms. The molecule has 3 nitrogen and oxygen atoms in total. The van der Waals surface area contributed by atoms with Crippen molar-refractivity contribution in [2.75, 3.05) is 33.3 Å². The standard InChI is InChI=1S/C17H30N2O/c1-5-18-13-9-10-14-19(6-2)15(3)16-11-7-8-12-17(16)20-4/h7-8,11-12,15,18H,5-6,9-10,13-14H2,1-4H3/t15-/m0/s1. The Morgan fingerprint density at radius 2 is 1.95 bits per heavy atom. The highest BCUT2D eigenvalue weighted by atomic mass is 16.5. The minimum absolute atomic E-state index is 0.398. The molecule has 1 N–H and O–H groups in total. The number of benzene rings is 1. The van der Waals surface area contributed by atoms with Crippen LogP contribution in [0.2, 0.25) is 0 Å². The zero-order chi connectivity index (χ0) is 14.8. The van der Waals surface area contributed by atoms with Crippen molar-refractivity contribution in [3.05, 3.63) is 29.8 Å². The molecule has 0 fully saturated rings. The average molecular weight is 278 g/mol. The molecule has 1 rings (SSSR count). The Morgan fingerprint density at radius 3 is 2.60 bits per heavy atom. The number of hydrogen-bond acceptors (Lipinski definition) is 3. The summed E-state index contributed by atoms with van der Waals surface area (Å²) in [5.41, 5.74) is 1.28. The van der Waals surface area contributed by atoms with Gasteiger partial charge in [-0.05, 0) is 52.0 Å². The molecule has 0 amide bonds. The van der Waals surface area contributed by atoms with Crippen LogP contribution < -0.4 is 10.1 Å². The third-order valence-corrected chi connectivity index (χ3v) is 3.84. The number of methoxy groups -OCH3 is 1. The molecule has 0 heterocycles. The molecule has 1 atom stereocenters. The van der Waals surface area contributed by atoms with Gasteiger partial charge in [-0.1, -0.05) is 32.0 Å². The van der Waals surface area contributed by atoms with Crippen LogP contribution in [0.1, 0.15) is 45.2 Å². The molecule has 0 aliphatic heterocycles. The van der Waals surface area contributed by atoms with Crippen molar-refractivity contribution in [2.45, 2.75) is 39.7 Å². The highest BCUT2D eigenvalue weighted by Gasteiger charge is 2.16. The van der Waals surface area contributed by atoms with Crippen molar-refractivity contribution >= 4 is 0 Å². The molecule has 0 aromatic heterocycles. The molecule has 1 aromatic carbocycles. The number of nitrogens with one attached hydrogen (secondary N) is 1. The Balaban J connectivity index is 2.55. The molecule has 1 aromatic rings. The van der Waals surface area contributed by atoms with Crippen LogP contribution in [0.15, 0.2) is 24.3 Å². The number of ether oxygens (including phenoxy) is 1. The molecular formula is C17H30N2O. The average Bonchev–Trinajstić information content (AvgIpc) is 2.50. The van der Waals surface area contributed by atoms with E-state index < -0.39 is 0 Å². The van der Waals surface area contributed by atoms with E-state index in [0.29, 0.717) is 6.04 Å². The van der Waals surface area contributed by atoms with Crippen LogP contribution in [0.3, 0.4) is 0 Å². The summed E-state index contributed by atoms with van der Waals surface area (Å²) in [6.07, 6.45) is 2.48. The van der Waals surface area contributed by atoms with Gasteiger partial charge in [0.15, 0.2) is 0 Å². The SMILES string of the molecule is CCNCCCCN(CC)[C@@H](C)c1ccccc1OC. The molecule has 0 aliphatic carbocycles. The van der Waals surface area contributed by atoms with Crippen molar-refractivity contribution in [2.24, 2.45) is 0 Å². The number of para-hydroxylation sites is 1. The molecule has 0 unspecified atom stereocenters. The van der Waals surface area contributed by atoms with E-state index in [1.54, 1.807) is 7.11 Å². The van der Waals surface area contributed by atoms with Gasteiger partial charge >= 0.3 is 0 Å². The van der Waals surface area contributed by atoms with Gasteiger partial charge in [-0.3, -0.25) is 4.90 Å². The van der Waals surface area contributed by atoms with Crippen molar-refractivity contribution in [3.8, 4) is 5.75 Å². The van der Waals surface area contributed by atoms with Crippen LogP contribution in [0.4, 0.5) is 0 Å². The third kappa shape index (κ3) is 5.14. The lowest BCUT2D eigenvalue weighted by Crippen LogP contribution is -2.28. The molecule has 114 valence electrons. The fourth-order valence-electron chi connectivity index (χ4n) is 2.58. The van der Waals surface area contributed by atoms with Crippen LogP contribution >= 0.6 is 0 Å². The topological polar surface area (TPSA) is 24.5 Å². The summed E-state index contributed by atoms with van der Waals surface area (Å²) in [5, 5.41) is 3.38. The molecule has 0 saturated carbocycles. The number of nitrogens with zero attached hydrogens (tertiary/aromatic N) is 1. The summed E-state index contributed by atoms with van der Waals surface area (Å²) in [4.78, 5) is 2.52. The predicted molar refractivity (Wildman–Crippen MR) is 86.4 cm³/mol. The highest BCUT2D eigenvalue weighted by molar-refractivity contribution is 5.35. The van der Waals surface area contributed by atoms with Crippen molar-refractivity contribution in [1.82, 2.24) is 10.2 Å². The summed E-state index contributed by atoms with van der Waals surface area (Å²) < 4.78 is 5.48. The quantitative estimate of drug-likeness (QED) is 0.663. The second-order valence-electron chi connectivity index (χ2n) is 5.11. The van der Waals surface area contributed by atoms with E-state index in [1.807, 2.05) is 12.1 Å². The fraction of sp³-hybridized carbons (Fsp3) is 0.647. The normalized spacial score (nSPS) is 12.7. The van der Waals surface area contributed by atoms with Gasteiger partial charge in [0.25, 0.3) is 0 Å². The summed E-state index contributed by atoms with van der Waals surface area (Å²) in [6.45, 7) is 11.1. The third-order valence-electron chi connectivity index (χ3n) is 3.84. The van der Waals surface area contributed by atoms with Crippen LogP contribution in [0.5, 0.6) is 5.75 Å². The first-order chi connectivity index (χ1) is 9.74. The van der Waals surface area contributed by atoms with E-state index in [1.165, 1.54) is 18.4 Å². The minimum Gasteiger partial charge on any atom is -0.496 e. The number of unbranched alkanes of at least 4 members (excludes halogenated alkanes) is 1. The summed E-state index contributed by atoms with van der Waals surface area (Å²) in [5.74, 6) is 0.992. The van der Waals surface area contributed by atoms with Gasteiger partial charge in [-0.15, -0.1) is 0 Å². The summed E-state index contributed by atoms with van der Waals surface area (Å²) >= 11 is 0. The van der Waals surface area contributed by atoms with Crippen molar-refractivity contribution in [3.63, 3.8) is 0 Å². The largest absolute Gasteiger partial charge is 0.496 e. The van der Waals surface area contributed by atoms with Crippen LogP contribution in [-0.2, 0) is 0 Å². The molecule has 0 aliphatic rings. The second kappa shape index (κ2) is 9.78. The van der Waals surface area contributed by atoms with Crippen LogP contribution in [-0.4, -0.2) is 38.2 Å². The predicted octanol–water partition coefficient (Wildman–Crippen LogP) is 3.47. The Morgan fingerprint density at radius 1 is 1.20 bits per heavy atom. The van der Waals surface area contributed by atoms with E-state index in [0.717, 1.165) is 31.9 Å². The van der Waals surface area contributed by atoms with Gasteiger partial charge in [0, 0.05) is 11.6 Å². The first kappa shape index (κ1) is 17.0. The zero-order valence-electron chi connectivity index (χ0n) is 13.5. The van der Waals surface area contributed by atoms with Gasteiger partial charge < -0.3 is 10.1 Å². The molecule has 0 saturated heterocycles. The van der Waals surface area contributed by atoms with Gasteiger partial charge in [0.1, 0.15) is 5.75 Å². The maximum Gasteiger partial charge on any atom is 0.123 e. The monoisotopic (exact) mass is 278 g/mol. The van der Waals surface area contributed by atoms with E-state index in [2.05, 4.69) is 43.1 Å². The summed E-state index contributed by atoms with van der Waals surface area (Å²) in [6, 6.07) is 8.74. The zero-order valence-corrected chi connectivity index (χ0v) is 13.5. The van der Waals surface area contributed by atoms with E-state index in [-0.39, 0.29) is 0 Å². The second-order valence-corrected chi connectivity index (χ2v) is 5.11. The molecule has 0 radical (unpaired) electrons. The molecule has 0 spiro atoms. The van der Waals surface area contributed by atoms with E-state index in [9.17, 15) is 0 Å². The summed E-state index contributed by atoms with van der Waals surface area (Å²) in [7, 11) is 1.75. The Bertz CT molecular complexity index is 368. The first-order valence-electron chi connectivity index (χ1n) is 7.82. The maximum atomic E-state index is 5.48. The molecular weight excluding hydrogens is 248 g/mol. The van der Waals surface area contributed by atoms with Crippen LogP contribution in [0.25, 0.3) is 0 Å². The number of hydrogen-bond donors (Lipinski definition) is 1. The molecule has 0 bridgehead atoms. The maximum absolute atomic E-state index is 5.48. The van der Waals surface area contributed by atoms with Gasteiger partial charge in [0.05, 0.1) is 7.11 Å². The Labute approximate surface area is 124 Å². The Kier molecular flexibility index (Phi) is 8.31. The fourth-order valence-corrected chi connectivity index (χ4v) is 2.58.